The van der Waals surface area contributed by atoms with Crippen LogP contribution in [0.5, 0.6) is 0 Å². The smallest absolute Gasteiger partial charge is 0.401 e. The van der Waals surface area contributed by atoms with Gasteiger partial charge in [-0.05, 0) is 0 Å². The van der Waals surface area contributed by atoms with Gasteiger partial charge in [0.05, 0.1) is 19.8 Å². The third-order valence-corrected chi connectivity index (χ3v) is 0.874. The van der Waals surface area contributed by atoms with Gasteiger partial charge in [0.25, 0.3) is 0 Å². The number of hydrogen-bond acceptors (Lipinski definition) is 5. The molecule has 2 N–H and O–H groups in total. The van der Waals surface area contributed by atoms with Gasteiger partial charge in [0.2, 0.25) is 0 Å². The Labute approximate surface area is 92.1 Å². The molecule has 0 radical (unpaired) electrons. The van der Waals surface area contributed by atoms with Crippen LogP contribution in [0.2, 0.25) is 0 Å². The average molecular weight is 241 g/mol. The van der Waals surface area contributed by atoms with Crippen LogP contribution in [0.25, 0.3) is 0 Å². The third-order valence-electron chi connectivity index (χ3n) is 0.874. The molecule has 0 aliphatic carbocycles. The highest BCUT2D eigenvalue weighted by molar-refractivity contribution is 6.60. The molecule has 0 saturated carbocycles. The lowest BCUT2D eigenvalue weighted by Gasteiger charge is -2.01. The Morgan fingerprint density at radius 3 is 2.27 bits per heavy atom. The lowest BCUT2D eigenvalue weighted by Crippen LogP contribution is -2.09. The van der Waals surface area contributed by atoms with Crippen LogP contribution in [0.3, 0.4) is 0 Å². The molecule has 0 saturated heterocycles. The molecule has 0 aromatic heterocycles. The lowest BCUT2D eigenvalue weighted by atomic mass is 10.6. The maximum Gasteiger partial charge on any atom is 0.401 e. The molecule has 0 aliphatic rings. The van der Waals surface area contributed by atoms with Gasteiger partial charge in [-0.3, -0.25) is 0 Å². The molecule has 0 atom stereocenters. The summed E-state index contributed by atoms with van der Waals surface area (Å²) in [7, 11) is 0. The van der Waals surface area contributed by atoms with E-state index in [1.165, 1.54) is 0 Å². The van der Waals surface area contributed by atoms with Crippen molar-refractivity contribution in [2.75, 3.05) is 26.4 Å². The summed E-state index contributed by atoms with van der Waals surface area (Å²) < 4.78 is 9.39. The Morgan fingerprint density at radius 2 is 1.87 bits per heavy atom. The zero-order chi connectivity index (χ0) is 12.1. The summed E-state index contributed by atoms with van der Waals surface area (Å²) in [6.07, 6.45) is 1.09. The molecule has 6 nitrogen and oxygen atoms in total. The Hall–Kier alpha value is -1.11. The van der Waals surface area contributed by atoms with Crippen LogP contribution in [0.1, 0.15) is 0 Å². The first-order valence-corrected chi connectivity index (χ1v) is 4.28. The minimum Gasteiger partial charge on any atom is -0.469 e. The van der Waals surface area contributed by atoms with E-state index in [2.05, 4.69) is 22.9 Å². The molecular weight excluding hydrogens is 228 g/mol. The molecule has 0 bridgehead atoms. The molecule has 7 heteroatoms. The lowest BCUT2D eigenvalue weighted by molar-refractivity contribution is -0.139. The van der Waals surface area contributed by atoms with E-state index in [1.54, 1.807) is 0 Å². The second-order valence-electron chi connectivity index (χ2n) is 1.96. The van der Waals surface area contributed by atoms with E-state index in [4.69, 9.17) is 19.7 Å². The van der Waals surface area contributed by atoms with Crippen LogP contribution >= 0.6 is 11.6 Å². The van der Waals surface area contributed by atoms with E-state index in [0.717, 1.165) is 6.08 Å². The van der Waals surface area contributed by atoms with Gasteiger partial charge in [0.1, 0.15) is 6.61 Å². The van der Waals surface area contributed by atoms with Gasteiger partial charge in [-0.1, -0.05) is 6.58 Å². The number of esters is 1. The second-order valence-corrected chi connectivity index (χ2v) is 2.28. The Balaban J connectivity index is 0. The fourth-order valence-electron chi connectivity index (χ4n) is 0.427. The van der Waals surface area contributed by atoms with Crippen LogP contribution in [-0.4, -0.2) is 48.0 Å². The maximum atomic E-state index is 10.4. The Morgan fingerprint density at radius 1 is 1.33 bits per heavy atom. The van der Waals surface area contributed by atoms with Crippen molar-refractivity contribution in [3.05, 3.63) is 12.7 Å². The summed E-state index contributed by atoms with van der Waals surface area (Å²) in [6.45, 7) is 3.98. The average Bonchev–Trinajstić information content (AvgIpc) is 2.16. The van der Waals surface area contributed by atoms with Crippen molar-refractivity contribution in [3.63, 3.8) is 0 Å². The van der Waals surface area contributed by atoms with Crippen molar-refractivity contribution < 1.29 is 29.3 Å². The first kappa shape index (κ1) is 16.3. The van der Waals surface area contributed by atoms with Gasteiger partial charge in [0.15, 0.2) is 0 Å². The van der Waals surface area contributed by atoms with Crippen LogP contribution in [0.4, 0.5) is 4.79 Å². The third kappa shape index (κ3) is 24.6. The minimum atomic E-state index is -1.36. The van der Waals surface area contributed by atoms with Crippen molar-refractivity contribution in [1.82, 2.24) is 0 Å². The maximum absolute atomic E-state index is 10.4. The molecule has 0 aromatic rings. The number of carbonyl (C=O) groups excluding carboxylic acids is 1. The van der Waals surface area contributed by atoms with Crippen LogP contribution < -0.4 is 0 Å². The quantitative estimate of drug-likeness (QED) is 0.306. The summed E-state index contributed by atoms with van der Waals surface area (Å²) >= 11 is 4.19. The highest BCUT2D eigenvalue weighted by Crippen LogP contribution is 1.80. The Bertz CT molecular complexity index is 190. The summed E-state index contributed by atoms with van der Waals surface area (Å²) in [4.78, 5) is 19.2. The molecule has 0 amide bonds. The molecule has 0 fully saturated rings. The van der Waals surface area contributed by atoms with Gasteiger partial charge in [0, 0.05) is 17.7 Å². The highest BCUT2D eigenvalue weighted by Gasteiger charge is 1.93. The van der Waals surface area contributed by atoms with Crippen molar-refractivity contribution in [3.8, 4) is 0 Å². The van der Waals surface area contributed by atoms with E-state index in [-0.39, 0.29) is 19.8 Å². The first-order valence-electron chi connectivity index (χ1n) is 3.90. The summed E-state index contributed by atoms with van der Waals surface area (Å²) in [6, 6.07) is 0. The number of carboxylic acid groups (broad SMARTS) is 1. The number of rotatable bonds is 6. The summed E-state index contributed by atoms with van der Waals surface area (Å²) in [5.41, 5.74) is -1.36. The molecule has 0 rings (SSSR count). The molecule has 0 aliphatic heterocycles. The van der Waals surface area contributed by atoms with Crippen LogP contribution in [-0.2, 0) is 14.3 Å². The number of halogens is 1. The van der Waals surface area contributed by atoms with Crippen LogP contribution in [0.15, 0.2) is 12.7 Å². The van der Waals surface area contributed by atoms with E-state index < -0.39 is 11.4 Å². The van der Waals surface area contributed by atoms with Crippen molar-refractivity contribution >= 4 is 23.0 Å². The largest absolute Gasteiger partial charge is 0.469 e. The highest BCUT2D eigenvalue weighted by atomic mass is 35.5. The zero-order valence-electron chi connectivity index (χ0n) is 8.02. The van der Waals surface area contributed by atoms with E-state index >= 15 is 0 Å². The molecule has 0 aromatic carbocycles. The van der Waals surface area contributed by atoms with Gasteiger partial charge in [-0.2, -0.15) is 0 Å². The first-order chi connectivity index (χ1) is 7.04. The van der Waals surface area contributed by atoms with E-state index in [9.17, 15) is 4.79 Å². The Kier molecular flexibility index (Phi) is 14.0. The molecule has 0 spiro atoms. The van der Waals surface area contributed by atoms with Gasteiger partial charge >= 0.3 is 11.4 Å². The van der Waals surface area contributed by atoms with Crippen LogP contribution in [0, 0.1) is 0 Å². The van der Waals surface area contributed by atoms with Gasteiger partial charge in [-0.15, -0.1) is 0 Å². The van der Waals surface area contributed by atoms with Gasteiger partial charge in [-0.25, -0.2) is 9.59 Å². The topological polar surface area (TPSA) is 93.1 Å². The zero-order valence-corrected chi connectivity index (χ0v) is 8.77. The van der Waals surface area contributed by atoms with Gasteiger partial charge < -0.3 is 19.7 Å². The predicted octanol–water partition coefficient (Wildman–Crippen LogP) is 0.628. The van der Waals surface area contributed by atoms with E-state index in [0.29, 0.717) is 6.61 Å². The fraction of sp³-hybridized carbons (Fsp3) is 0.500. The summed E-state index contributed by atoms with van der Waals surface area (Å²) in [5, 5.41) is 15.5. The predicted molar refractivity (Wildman–Crippen MR) is 52.9 cm³/mol. The molecule has 0 unspecified atom stereocenters. The molecular formula is C8H13ClO6. The number of aliphatic hydroxyl groups is 1. The standard InChI is InChI=1S/C7H12O4.CHClO2/c1-2-7(9)11-6-5-10-4-3-8;2-1(3)4/h2,8H,1,3-6H2;(H,3,4). The van der Waals surface area contributed by atoms with Crippen molar-refractivity contribution in [1.29, 1.82) is 0 Å². The fourth-order valence-corrected chi connectivity index (χ4v) is 0.427. The molecule has 0 heterocycles. The summed E-state index contributed by atoms with van der Waals surface area (Å²) in [5.74, 6) is -0.461. The molecule has 15 heavy (non-hydrogen) atoms. The van der Waals surface area contributed by atoms with Crippen molar-refractivity contribution in [2.24, 2.45) is 0 Å². The number of hydrogen-bond donors (Lipinski definition) is 2. The monoisotopic (exact) mass is 240 g/mol. The molecule has 88 valence electrons. The normalized spacial score (nSPS) is 8.40. The van der Waals surface area contributed by atoms with E-state index in [1.807, 2.05) is 0 Å². The number of ether oxygens (including phenoxy) is 2. The number of carbonyl (C=O) groups is 2. The number of aliphatic hydroxyl groups excluding tert-OH is 1. The van der Waals surface area contributed by atoms with Crippen molar-refractivity contribution in [2.45, 2.75) is 0 Å². The second kappa shape index (κ2) is 12.9. The SMILES string of the molecule is C=CC(=O)OCCOCCO.O=C(O)Cl. The minimum absolute atomic E-state index is 0.0184.